The molecule has 2 amide bonds. The van der Waals surface area contributed by atoms with Crippen molar-refractivity contribution >= 4 is 17.5 Å². The fraction of sp³-hybridized carbons (Fsp3) is 0.579. The van der Waals surface area contributed by atoms with Gasteiger partial charge in [0.15, 0.2) is 0 Å². The number of nitrogens with zero attached hydrogens (tertiary/aromatic N) is 1. The standard InChI is InChI=1S/C19H28N2O2/c1-14-10-11-18(15(2)12-14)21(16(3)22)13-19(23)20-17-8-6-4-5-7-9-17/h10-12,17H,4-9,13H2,1-3H3,(H,20,23). The summed E-state index contributed by atoms with van der Waals surface area (Å²) in [4.78, 5) is 26.0. The maximum atomic E-state index is 12.4. The van der Waals surface area contributed by atoms with Crippen molar-refractivity contribution in [3.8, 4) is 0 Å². The molecule has 0 radical (unpaired) electrons. The molecule has 2 rings (SSSR count). The number of aryl methyl sites for hydroxylation is 2. The van der Waals surface area contributed by atoms with Gasteiger partial charge in [-0.15, -0.1) is 0 Å². The lowest BCUT2D eigenvalue weighted by atomic mass is 10.1. The van der Waals surface area contributed by atoms with Gasteiger partial charge < -0.3 is 10.2 Å². The number of nitrogens with one attached hydrogen (secondary N) is 1. The maximum Gasteiger partial charge on any atom is 0.240 e. The zero-order valence-electron chi connectivity index (χ0n) is 14.5. The van der Waals surface area contributed by atoms with Crippen LogP contribution in [0.3, 0.4) is 0 Å². The zero-order valence-corrected chi connectivity index (χ0v) is 14.5. The monoisotopic (exact) mass is 316 g/mol. The van der Waals surface area contributed by atoms with E-state index in [9.17, 15) is 9.59 Å². The Balaban J connectivity index is 2.03. The molecule has 0 aromatic heterocycles. The van der Waals surface area contributed by atoms with Crippen molar-refractivity contribution in [3.63, 3.8) is 0 Å². The first-order chi connectivity index (χ1) is 11.0. The maximum absolute atomic E-state index is 12.4. The number of anilines is 1. The van der Waals surface area contributed by atoms with Crippen LogP contribution in [-0.4, -0.2) is 24.4 Å². The molecule has 0 heterocycles. The molecule has 0 atom stereocenters. The molecule has 1 aliphatic carbocycles. The van der Waals surface area contributed by atoms with Crippen molar-refractivity contribution in [2.45, 2.75) is 65.3 Å². The molecule has 4 heteroatoms. The second kappa shape index (κ2) is 8.14. The molecule has 0 bridgehead atoms. The van der Waals surface area contributed by atoms with Crippen LogP contribution in [0.4, 0.5) is 5.69 Å². The van der Waals surface area contributed by atoms with Gasteiger partial charge in [0, 0.05) is 18.7 Å². The predicted molar refractivity (Wildman–Crippen MR) is 93.6 cm³/mol. The summed E-state index contributed by atoms with van der Waals surface area (Å²) in [6.45, 7) is 5.60. The van der Waals surface area contributed by atoms with Crippen molar-refractivity contribution in [3.05, 3.63) is 29.3 Å². The summed E-state index contributed by atoms with van der Waals surface area (Å²) in [7, 11) is 0. The molecule has 126 valence electrons. The normalized spacial score (nSPS) is 15.8. The van der Waals surface area contributed by atoms with Gasteiger partial charge >= 0.3 is 0 Å². The lowest BCUT2D eigenvalue weighted by Gasteiger charge is -2.24. The van der Waals surface area contributed by atoms with Gasteiger partial charge in [-0.25, -0.2) is 0 Å². The first-order valence-corrected chi connectivity index (χ1v) is 8.62. The van der Waals surface area contributed by atoms with E-state index in [1.807, 2.05) is 32.0 Å². The van der Waals surface area contributed by atoms with Gasteiger partial charge in [-0.2, -0.15) is 0 Å². The van der Waals surface area contributed by atoms with Crippen LogP contribution < -0.4 is 10.2 Å². The minimum Gasteiger partial charge on any atom is -0.352 e. The molecule has 1 aliphatic rings. The van der Waals surface area contributed by atoms with Gasteiger partial charge in [0.25, 0.3) is 0 Å². The van der Waals surface area contributed by atoms with Crippen LogP contribution in [0.2, 0.25) is 0 Å². The van der Waals surface area contributed by atoms with Crippen molar-refractivity contribution < 1.29 is 9.59 Å². The van der Waals surface area contributed by atoms with Crippen LogP contribution in [0, 0.1) is 13.8 Å². The first kappa shape index (κ1) is 17.5. The Morgan fingerprint density at radius 3 is 2.35 bits per heavy atom. The third kappa shape index (κ3) is 5.08. The lowest BCUT2D eigenvalue weighted by Crippen LogP contribution is -2.43. The second-order valence-corrected chi connectivity index (χ2v) is 6.65. The van der Waals surface area contributed by atoms with E-state index in [0.29, 0.717) is 0 Å². The van der Waals surface area contributed by atoms with E-state index in [1.54, 1.807) is 4.90 Å². The van der Waals surface area contributed by atoms with Crippen LogP contribution in [0.15, 0.2) is 18.2 Å². The summed E-state index contributed by atoms with van der Waals surface area (Å²) in [6, 6.07) is 6.19. The number of carbonyl (C=O) groups is 2. The number of hydrogen-bond donors (Lipinski definition) is 1. The van der Waals surface area contributed by atoms with Gasteiger partial charge in [-0.05, 0) is 38.3 Å². The molecule has 1 fully saturated rings. The van der Waals surface area contributed by atoms with E-state index < -0.39 is 0 Å². The molecule has 0 aliphatic heterocycles. The molecule has 1 saturated carbocycles. The fourth-order valence-electron chi connectivity index (χ4n) is 3.31. The second-order valence-electron chi connectivity index (χ2n) is 6.65. The minimum absolute atomic E-state index is 0.0629. The number of carbonyl (C=O) groups excluding carboxylic acids is 2. The number of amides is 2. The highest BCUT2D eigenvalue weighted by Gasteiger charge is 2.20. The molecular weight excluding hydrogens is 288 g/mol. The van der Waals surface area contributed by atoms with Gasteiger partial charge in [-0.1, -0.05) is 43.4 Å². The fourth-order valence-corrected chi connectivity index (χ4v) is 3.31. The lowest BCUT2D eigenvalue weighted by molar-refractivity contribution is -0.123. The highest BCUT2D eigenvalue weighted by atomic mass is 16.2. The quantitative estimate of drug-likeness (QED) is 0.864. The first-order valence-electron chi connectivity index (χ1n) is 8.62. The Hall–Kier alpha value is -1.84. The van der Waals surface area contributed by atoms with Gasteiger partial charge in [0.1, 0.15) is 6.54 Å². The number of rotatable bonds is 4. The smallest absolute Gasteiger partial charge is 0.240 e. The summed E-state index contributed by atoms with van der Waals surface area (Å²) in [6.07, 6.45) is 6.98. The van der Waals surface area contributed by atoms with Gasteiger partial charge in [0.2, 0.25) is 11.8 Å². The summed E-state index contributed by atoms with van der Waals surface area (Å²) >= 11 is 0. The molecule has 4 nitrogen and oxygen atoms in total. The molecule has 1 N–H and O–H groups in total. The van der Waals surface area contributed by atoms with Gasteiger partial charge in [-0.3, -0.25) is 9.59 Å². The van der Waals surface area contributed by atoms with E-state index in [1.165, 1.54) is 32.6 Å². The van der Waals surface area contributed by atoms with E-state index >= 15 is 0 Å². The summed E-state index contributed by atoms with van der Waals surface area (Å²) in [5, 5.41) is 3.11. The van der Waals surface area contributed by atoms with Crippen LogP contribution in [0.25, 0.3) is 0 Å². The van der Waals surface area contributed by atoms with Crippen molar-refractivity contribution in [1.82, 2.24) is 5.32 Å². The molecule has 0 unspecified atom stereocenters. The predicted octanol–water partition coefficient (Wildman–Crippen LogP) is 3.50. The van der Waals surface area contributed by atoms with Crippen molar-refractivity contribution in [2.24, 2.45) is 0 Å². The Labute approximate surface area is 139 Å². The molecule has 1 aromatic carbocycles. The van der Waals surface area contributed by atoms with Crippen LogP contribution >= 0.6 is 0 Å². The van der Waals surface area contributed by atoms with Gasteiger partial charge in [0.05, 0.1) is 0 Å². The summed E-state index contributed by atoms with van der Waals surface area (Å²) < 4.78 is 0. The minimum atomic E-state index is -0.104. The van der Waals surface area contributed by atoms with E-state index in [-0.39, 0.29) is 24.4 Å². The highest BCUT2D eigenvalue weighted by Crippen LogP contribution is 2.22. The number of hydrogen-bond acceptors (Lipinski definition) is 2. The zero-order chi connectivity index (χ0) is 16.8. The average Bonchev–Trinajstić information content (AvgIpc) is 2.74. The summed E-state index contributed by atoms with van der Waals surface area (Å²) in [5.74, 6) is -0.167. The van der Waals surface area contributed by atoms with Crippen LogP contribution in [-0.2, 0) is 9.59 Å². The van der Waals surface area contributed by atoms with E-state index in [4.69, 9.17) is 0 Å². The Kier molecular flexibility index (Phi) is 6.20. The molecule has 0 spiro atoms. The Morgan fingerprint density at radius 1 is 1.13 bits per heavy atom. The van der Waals surface area contributed by atoms with Crippen LogP contribution in [0.5, 0.6) is 0 Å². The third-order valence-electron chi connectivity index (χ3n) is 4.55. The Bertz CT molecular complexity index is 560. The summed E-state index contributed by atoms with van der Waals surface area (Å²) in [5.41, 5.74) is 2.99. The molecular formula is C19H28N2O2. The SMILES string of the molecule is CC(=O)N(CC(=O)NC1CCCCCC1)c1ccc(C)cc1C. The largest absolute Gasteiger partial charge is 0.352 e. The van der Waals surface area contributed by atoms with E-state index in [2.05, 4.69) is 5.32 Å². The molecule has 0 saturated heterocycles. The van der Waals surface area contributed by atoms with Crippen LogP contribution in [0.1, 0.15) is 56.6 Å². The van der Waals surface area contributed by atoms with Crippen molar-refractivity contribution in [2.75, 3.05) is 11.4 Å². The highest BCUT2D eigenvalue weighted by molar-refractivity contribution is 5.98. The third-order valence-corrected chi connectivity index (χ3v) is 4.55. The Morgan fingerprint density at radius 2 is 1.78 bits per heavy atom. The van der Waals surface area contributed by atoms with Crippen molar-refractivity contribution in [1.29, 1.82) is 0 Å². The average molecular weight is 316 g/mol. The topological polar surface area (TPSA) is 49.4 Å². The molecule has 23 heavy (non-hydrogen) atoms. The number of benzene rings is 1. The van der Waals surface area contributed by atoms with E-state index in [0.717, 1.165) is 29.7 Å². The molecule has 1 aromatic rings.